The van der Waals surface area contributed by atoms with Crippen LogP contribution in [0, 0.1) is 0 Å². The van der Waals surface area contributed by atoms with Gasteiger partial charge in [-0.25, -0.2) is 9.48 Å². The fourth-order valence-electron chi connectivity index (χ4n) is 4.34. The number of carboxylic acid groups (broad SMARTS) is 1. The highest BCUT2D eigenvalue weighted by Crippen LogP contribution is 2.38. The third-order valence-electron chi connectivity index (χ3n) is 6.25. The first-order chi connectivity index (χ1) is 17.6. The average molecular weight is 515 g/mol. The number of fused-ring (bicyclic) bond motifs is 1. The number of hydrogen-bond donors (Lipinski definition) is 2. The number of aldehydes is 1. The van der Waals surface area contributed by atoms with E-state index in [0.717, 1.165) is 17.4 Å². The molecule has 2 heterocycles. The van der Waals surface area contributed by atoms with Gasteiger partial charge in [0.25, 0.3) is 5.91 Å². The van der Waals surface area contributed by atoms with E-state index in [1.807, 2.05) is 24.3 Å². The Morgan fingerprint density at radius 1 is 1.08 bits per heavy atom. The minimum absolute atomic E-state index is 0.0588. The Labute approximate surface area is 210 Å². The Morgan fingerprint density at radius 2 is 1.73 bits per heavy atom. The zero-order valence-electron chi connectivity index (χ0n) is 20.0. The predicted molar refractivity (Wildman–Crippen MR) is 128 cm³/mol. The predicted octanol–water partition coefficient (Wildman–Crippen LogP) is 4.24. The fraction of sp³-hybridized carbons (Fsp3) is 0.308. The Kier molecular flexibility index (Phi) is 7.33. The summed E-state index contributed by atoms with van der Waals surface area (Å²) in [7, 11) is 0. The van der Waals surface area contributed by atoms with Crippen molar-refractivity contribution in [3.8, 4) is 0 Å². The van der Waals surface area contributed by atoms with Gasteiger partial charge >= 0.3 is 12.1 Å². The first-order valence-electron chi connectivity index (χ1n) is 11.7. The lowest BCUT2D eigenvalue weighted by atomic mass is 10.1. The van der Waals surface area contributed by atoms with Crippen molar-refractivity contribution in [1.29, 1.82) is 0 Å². The molecule has 0 saturated heterocycles. The number of carbonyl (C=O) groups is 3. The number of aromatic carboxylic acids is 1. The molecule has 2 N–H and O–H groups in total. The maximum atomic E-state index is 13.9. The summed E-state index contributed by atoms with van der Waals surface area (Å²) in [5.41, 5.74) is 0.637. The van der Waals surface area contributed by atoms with Gasteiger partial charge in [-0.3, -0.25) is 4.79 Å². The molecule has 1 aromatic heterocycles. The number of anilines is 1. The number of halogens is 3. The third kappa shape index (κ3) is 5.65. The SMILES string of the molecule is CC(NC(=O)c1c(C(F)(F)F)nn2c1N(Cc1ccc(CCC=O)cc1)CC2)c1ccc(C(=O)O)cc1. The van der Waals surface area contributed by atoms with Crippen LogP contribution in [0.25, 0.3) is 0 Å². The number of carboxylic acids is 1. The standard InChI is InChI=1S/C26H25F3N4O4/c1-16(19-8-10-20(11-9-19)25(36)37)30-23(35)21-22(26(27,28)29)31-33-13-12-32(24(21)33)15-18-6-4-17(5-7-18)3-2-14-34/h4-11,14,16H,2-3,12-13,15H2,1H3,(H,30,35)(H,36,37). The lowest BCUT2D eigenvalue weighted by Gasteiger charge is -2.21. The number of nitrogens with one attached hydrogen (secondary N) is 1. The van der Waals surface area contributed by atoms with E-state index in [0.29, 0.717) is 24.9 Å². The molecule has 0 fully saturated rings. The number of rotatable bonds is 9. The van der Waals surface area contributed by atoms with Crippen LogP contribution in [0.5, 0.6) is 0 Å². The maximum Gasteiger partial charge on any atom is 0.436 e. The lowest BCUT2D eigenvalue weighted by molar-refractivity contribution is -0.141. The van der Waals surface area contributed by atoms with Crippen molar-refractivity contribution in [3.05, 3.63) is 82.0 Å². The molecule has 3 aromatic rings. The van der Waals surface area contributed by atoms with Gasteiger partial charge in [0, 0.05) is 19.5 Å². The first-order valence-corrected chi connectivity index (χ1v) is 11.7. The molecule has 8 nitrogen and oxygen atoms in total. The van der Waals surface area contributed by atoms with Crippen LogP contribution in [0.3, 0.4) is 0 Å². The Bertz CT molecular complexity index is 1300. The smallest absolute Gasteiger partial charge is 0.436 e. The highest BCUT2D eigenvalue weighted by atomic mass is 19.4. The number of aromatic nitrogens is 2. The zero-order valence-corrected chi connectivity index (χ0v) is 20.0. The molecule has 1 aliphatic heterocycles. The number of hydrogen-bond acceptors (Lipinski definition) is 5. The molecule has 1 amide bonds. The topological polar surface area (TPSA) is 105 Å². The highest BCUT2D eigenvalue weighted by Gasteiger charge is 2.44. The second kappa shape index (κ2) is 10.5. The van der Waals surface area contributed by atoms with Crippen molar-refractivity contribution in [2.75, 3.05) is 11.4 Å². The minimum atomic E-state index is -4.83. The number of benzene rings is 2. The molecule has 1 aliphatic rings. The minimum Gasteiger partial charge on any atom is -0.478 e. The van der Waals surface area contributed by atoms with Crippen molar-refractivity contribution < 1.29 is 32.7 Å². The van der Waals surface area contributed by atoms with Gasteiger partial charge < -0.3 is 20.1 Å². The molecule has 11 heteroatoms. The quantitative estimate of drug-likeness (QED) is 0.414. The molecule has 0 bridgehead atoms. The van der Waals surface area contributed by atoms with Gasteiger partial charge in [0.15, 0.2) is 5.69 Å². The fourth-order valence-corrected chi connectivity index (χ4v) is 4.34. The molecule has 0 saturated carbocycles. The molecular weight excluding hydrogens is 489 g/mol. The van der Waals surface area contributed by atoms with Gasteiger partial charge in [-0.1, -0.05) is 36.4 Å². The Balaban J connectivity index is 1.59. The molecule has 194 valence electrons. The van der Waals surface area contributed by atoms with E-state index in [4.69, 9.17) is 5.11 Å². The number of amides is 1. The lowest BCUT2D eigenvalue weighted by Crippen LogP contribution is -2.31. The van der Waals surface area contributed by atoms with Crippen LogP contribution in [-0.2, 0) is 30.5 Å². The van der Waals surface area contributed by atoms with Crippen LogP contribution in [0.1, 0.15) is 62.5 Å². The largest absolute Gasteiger partial charge is 0.478 e. The van der Waals surface area contributed by atoms with Crippen molar-refractivity contribution in [2.24, 2.45) is 0 Å². The number of aryl methyl sites for hydroxylation is 1. The molecule has 1 unspecified atom stereocenters. The normalized spacial score (nSPS) is 13.8. The summed E-state index contributed by atoms with van der Waals surface area (Å²) in [6.45, 7) is 2.48. The molecule has 0 spiro atoms. The third-order valence-corrected chi connectivity index (χ3v) is 6.25. The molecule has 1 atom stereocenters. The van der Waals surface area contributed by atoms with Crippen molar-refractivity contribution in [1.82, 2.24) is 15.1 Å². The van der Waals surface area contributed by atoms with Crippen molar-refractivity contribution in [3.63, 3.8) is 0 Å². The summed E-state index contributed by atoms with van der Waals surface area (Å²) < 4.78 is 42.9. The van der Waals surface area contributed by atoms with Gasteiger partial charge in [-0.05, 0) is 42.2 Å². The first kappa shape index (κ1) is 25.9. The Morgan fingerprint density at radius 3 is 2.32 bits per heavy atom. The van der Waals surface area contributed by atoms with Crippen LogP contribution in [0.15, 0.2) is 48.5 Å². The summed E-state index contributed by atoms with van der Waals surface area (Å²) in [4.78, 5) is 36.6. The second-order valence-electron chi connectivity index (χ2n) is 8.83. The van der Waals surface area contributed by atoms with E-state index in [-0.39, 0.29) is 24.5 Å². The van der Waals surface area contributed by atoms with E-state index in [2.05, 4.69) is 10.4 Å². The summed E-state index contributed by atoms with van der Waals surface area (Å²) in [6.07, 6.45) is -2.97. The molecule has 0 aliphatic carbocycles. The maximum absolute atomic E-state index is 13.9. The number of carbonyl (C=O) groups excluding carboxylic acids is 2. The van der Waals surface area contributed by atoms with Crippen LogP contribution < -0.4 is 10.2 Å². The van der Waals surface area contributed by atoms with Gasteiger partial charge in [0.2, 0.25) is 0 Å². The summed E-state index contributed by atoms with van der Waals surface area (Å²) in [5, 5.41) is 15.4. The summed E-state index contributed by atoms with van der Waals surface area (Å²) in [6, 6.07) is 12.5. The van der Waals surface area contributed by atoms with Crippen molar-refractivity contribution >= 4 is 24.0 Å². The molecule has 0 radical (unpaired) electrons. The molecule has 2 aromatic carbocycles. The van der Waals surface area contributed by atoms with Crippen LogP contribution in [0.4, 0.5) is 19.0 Å². The summed E-state index contributed by atoms with van der Waals surface area (Å²) >= 11 is 0. The van der Waals surface area contributed by atoms with Crippen LogP contribution >= 0.6 is 0 Å². The van der Waals surface area contributed by atoms with E-state index < -0.39 is 35.4 Å². The molecule has 37 heavy (non-hydrogen) atoms. The van der Waals surface area contributed by atoms with Crippen molar-refractivity contribution in [2.45, 2.75) is 45.1 Å². The van der Waals surface area contributed by atoms with E-state index in [9.17, 15) is 27.6 Å². The van der Waals surface area contributed by atoms with E-state index in [1.165, 1.54) is 28.9 Å². The number of nitrogens with zero attached hydrogens (tertiary/aromatic N) is 3. The van der Waals surface area contributed by atoms with Gasteiger partial charge in [0.05, 0.1) is 18.2 Å². The van der Waals surface area contributed by atoms with Gasteiger partial charge in [-0.15, -0.1) is 0 Å². The van der Waals surface area contributed by atoms with Crippen LogP contribution in [-0.4, -0.2) is 39.6 Å². The van der Waals surface area contributed by atoms with Gasteiger partial charge in [-0.2, -0.15) is 18.3 Å². The van der Waals surface area contributed by atoms with E-state index >= 15 is 0 Å². The highest BCUT2D eigenvalue weighted by molar-refractivity contribution is 6.01. The zero-order chi connectivity index (χ0) is 26.7. The molecular formula is C26H25F3N4O4. The molecule has 4 rings (SSSR count). The van der Waals surface area contributed by atoms with Crippen LogP contribution in [0.2, 0.25) is 0 Å². The summed E-state index contributed by atoms with van der Waals surface area (Å²) in [5.74, 6) is -1.92. The monoisotopic (exact) mass is 514 g/mol. The van der Waals surface area contributed by atoms with Gasteiger partial charge in [0.1, 0.15) is 17.7 Å². The number of alkyl halides is 3. The van der Waals surface area contributed by atoms with E-state index in [1.54, 1.807) is 11.8 Å². The Hall–Kier alpha value is -4.15. The average Bonchev–Trinajstić information content (AvgIpc) is 3.44. The second-order valence-corrected chi connectivity index (χ2v) is 8.83.